The zero-order chi connectivity index (χ0) is 20.3. The fourth-order valence-corrected chi connectivity index (χ4v) is 3.51. The zero-order valence-corrected chi connectivity index (χ0v) is 15.9. The number of aryl methyl sites for hydroxylation is 1. The summed E-state index contributed by atoms with van der Waals surface area (Å²) in [5, 5.41) is 13.6. The van der Waals surface area contributed by atoms with Gasteiger partial charge in [0.05, 0.1) is 21.6 Å². The van der Waals surface area contributed by atoms with Gasteiger partial charge in [-0.1, -0.05) is 35.9 Å². The summed E-state index contributed by atoms with van der Waals surface area (Å²) < 4.78 is 5.20. The number of esters is 1. The first kappa shape index (κ1) is 19.8. The Bertz CT molecular complexity index is 931. The summed E-state index contributed by atoms with van der Waals surface area (Å²) in [4.78, 5) is 34.9. The van der Waals surface area contributed by atoms with E-state index < -0.39 is 22.9 Å². The Morgan fingerprint density at radius 3 is 2.75 bits per heavy atom. The molecule has 0 aliphatic heterocycles. The number of nitrogens with zero attached hydrogens (tertiary/aromatic N) is 1. The largest absolute Gasteiger partial charge is 0.449 e. The van der Waals surface area contributed by atoms with E-state index >= 15 is 0 Å². The molecular formula is C20H19ClN2O5. The van der Waals surface area contributed by atoms with E-state index in [1.807, 2.05) is 24.3 Å². The Labute approximate surface area is 166 Å². The molecule has 0 saturated carbocycles. The Morgan fingerprint density at radius 2 is 2.04 bits per heavy atom. The predicted molar refractivity (Wildman–Crippen MR) is 103 cm³/mol. The molecule has 0 aromatic heterocycles. The summed E-state index contributed by atoms with van der Waals surface area (Å²) in [5.41, 5.74) is 2.03. The Morgan fingerprint density at radius 1 is 1.29 bits per heavy atom. The fraction of sp³-hybridized carbons (Fsp3) is 0.300. The summed E-state index contributed by atoms with van der Waals surface area (Å²) in [6, 6.07) is 11.3. The van der Waals surface area contributed by atoms with Gasteiger partial charge in [0.25, 0.3) is 11.6 Å². The van der Waals surface area contributed by atoms with E-state index in [-0.39, 0.29) is 22.3 Å². The second kappa shape index (κ2) is 8.39. The van der Waals surface area contributed by atoms with Crippen molar-refractivity contribution in [3.8, 4) is 0 Å². The van der Waals surface area contributed by atoms with E-state index in [0.29, 0.717) is 0 Å². The molecule has 0 radical (unpaired) electrons. The second-order valence-electron chi connectivity index (χ2n) is 6.62. The number of hydrogen-bond donors (Lipinski definition) is 1. The molecule has 0 bridgehead atoms. The van der Waals surface area contributed by atoms with Crippen LogP contribution in [0.15, 0.2) is 42.5 Å². The average molecular weight is 403 g/mol. The minimum atomic E-state index is -1.03. The van der Waals surface area contributed by atoms with Gasteiger partial charge in [-0.2, -0.15) is 0 Å². The topological polar surface area (TPSA) is 98.5 Å². The highest BCUT2D eigenvalue weighted by molar-refractivity contribution is 6.33. The van der Waals surface area contributed by atoms with Gasteiger partial charge in [-0.25, -0.2) is 4.79 Å². The first-order chi connectivity index (χ1) is 13.4. The molecule has 0 spiro atoms. The second-order valence-corrected chi connectivity index (χ2v) is 7.03. The quantitative estimate of drug-likeness (QED) is 0.463. The van der Waals surface area contributed by atoms with Crippen LogP contribution < -0.4 is 5.32 Å². The van der Waals surface area contributed by atoms with Crippen molar-refractivity contribution >= 4 is 29.2 Å². The molecule has 1 aliphatic carbocycles. The number of benzene rings is 2. The Hall–Kier alpha value is -2.93. The minimum Gasteiger partial charge on any atom is -0.449 e. The molecule has 28 heavy (non-hydrogen) atoms. The molecule has 0 fully saturated rings. The molecular weight excluding hydrogens is 384 g/mol. The maximum atomic E-state index is 12.5. The van der Waals surface area contributed by atoms with Gasteiger partial charge in [-0.15, -0.1) is 0 Å². The van der Waals surface area contributed by atoms with Crippen molar-refractivity contribution < 1.29 is 19.2 Å². The lowest BCUT2D eigenvalue weighted by Gasteiger charge is -2.27. The van der Waals surface area contributed by atoms with Crippen molar-refractivity contribution in [2.24, 2.45) is 0 Å². The van der Waals surface area contributed by atoms with E-state index in [9.17, 15) is 19.7 Å². The Kier molecular flexibility index (Phi) is 5.94. The normalized spacial score (nSPS) is 16.6. The van der Waals surface area contributed by atoms with Gasteiger partial charge < -0.3 is 10.1 Å². The third-order valence-corrected chi connectivity index (χ3v) is 5.04. The van der Waals surface area contributed by atoms with Gasteiger partial charge in [-0.3, -0.25) is 14.9 Å². The number of non-ortho nitro benzene ring substituents is 1. The lowest BCUT2D eigenvalue weighted by Crippen LogP contribution is -2.39. The Balaban J connectivity index is 1.65. The summed E-state index contributed by atoms with van der Waals surface area (Å²) in [6.45, 7) is 1.47. The number of nitro groups is 1. The number of rotatable bonds is 5. The van der Waals surface area contributed by atoms with Crippen molar-refractivity contribution in [2.75, 3.05) is 0 Å². The van der Waals surface area contributed by atoms with Crippen LogP contribution in [0.1, 0.15) is 47.3 Å². The van der Waals surface area contributed by atoms with Gasteiger partial charge in [0.2, 0.25) is 0 Å². The number of fused-ring (bicyclic) bond motifs is 1. The molecule has 0 saturated heterocycles. The van der Waals surface area contributed by atoms with Crippen molar-refractivity contribution in [2.45, 2.75) is 38.3 Å². The fourth-order valence-electron chi connectivity index (χ4n) is 3.25. The van der Waals surface area contributed by atoms with Gasteiger partial charge in [0, 0.05) is 12.1 Å². The molecule has 7 nitrogen and oxygen atoms in total. The summed E-state index contributed by atoms with van der Waals surface area (Å²) in [5.74, 6) is -1.22. The number of carbonyl (C=O) groups excluding carboxylic acids is 2. The highest BCUT2D eigenvalue weighted by atomic mass is 35.5. The molecule has 1 N–H and O–H groups in total. The van der Waals surface area contributed by atoms with Crippen LogP contribution in [0.4, 0.5) is 5.69 Å². The molecule has 2 aromatic rings. The maximum absolute atomic E-state index is 12.5. The molecule has 0 unspecified atom stereocenters. The number of ether oxygens (including phenoxy) is 1. The van der Waals surface area contributed by atoms with Crippen molar-refractivity contribution in [1.82, 2.24) is 5.32 Å². The van der Waals surface area contributed by atoms with E-state index in [2.05, 4.69) is 5.32 Å². The molecule has 1 amide bonds. The van der Waals surface area contributed by atoms with E-state index in [1.165, 1.54) is 18.6 Å². The monoisotopic (exact) mass is 402 g/mol. The van der Waals surface area contributed by atoms with Crippen LogP contribution in [0.3, 0.4) is 0 Å². The summed E-state index contributed by atoms with van der Waals surface area (Å²) in [7, 11) is 0. The molecule has 2 aromatic carbocycles. The number of nitro benzene ring substituents is 1. The van der Waals surface area contributed by atoms with Crippen LogP contribution in [0, 0.1) is 10.1 Å². The van der Waals surface area contributed by atoms with Gasteiger partial charge in [0.15, 0.2) is 6.10 Å². The number of hydrogen-bond acceptors (Lipinski definition) is 5. The number of amides is 1. The molecule has 8 heteroatoms. The minimum absolute atomic E-state index is 0.0325. The van der Waals surface area contributed by atoms with Crippen molar-refractivity contribution in [3.05, 3.63) is 74.3 Å². The van der Waals surface area contributed by atoms with Crippen LogP contribution in [0.25, 0.3) is 0 Å². The number of halogens is 1. The lowest BCUT2D eigenvalue weighted by atomic mass is 9.87. The first-order valence-corrected chi connectivity index (χ1v) is 9.27. The van der Waals surface area contributed by atoms with E-state index in [0.717, 1.165) is 37.0 Å². The summed E-state index contributed by atoms with van der Waals surface area (Å²) >= 11 is 5.94. The molecule has 1 aliphatic rings. The third kappa shape index (κ3) is 4.31. The highest BCUT2D eigenvalue weighted by Crippen LogP contribution is 2.29. The van der Waals surface area contributed by atoms with Gasteiger partial charge in [-0.05, 0) is 43.4 Å². The highest BCUT2D eigenvalue weighted by Gasteiger charge is 2.26. The van der Waals surface area contributed by atoms with E-state index in [1.54, 1.807) is 0 Å². The first-order valence-electron chi connectivity index (χ1n) is 8.90. The maximum Gasteiger partial charge on any atom is 0.340 e. The van der Waals surface area contributed by atoms with Crippen LogP contribution in [0.5, 0.6) is 0 Å². The summed E-state index contributed by atoms with van der Waals surface area (Å²) in [6.07, 6.45) is 1.73. The number of nitrogens with one attached hydrogen (secondary N) is 1. The lowest BCUT2D eigenvalue weighted by molar-refractivity contribution is -0.384. The zero-order valence-electron chi connectivity index (χ0n) is 15.2. The smallest absolute Gasteiger partial charge is 0.340 e. The van der Waals surface area contributed by atoms with Crippen molar-refractivity contribution in [1.29, 1.82) is 0 Å². The van der Waals surface area contributed by atoms with Gasteiger partial charge in [0.1, 0.15) is 0 Å². The average Bonchev–Trinajstić information content (AvgIpc) is 2.67. The van der Waals surface area contributed by atoms with Gasteiger partial charge >= 0.3 is 5.97 Å². The van der Waals surface area contributed by atoms with E-state index in [4.69, 9.17) is 16.3 Å². The number of carbonyl (C=O) groups is 2. The van der Waals surface area contributed by atoms with Crippen LogP contribution >= 0.6 is 11.6 Å². The molecule has 146 valence electrons. The standard InChI is InChI=1S/C20H19ClN2O5/c1-12(28-20(25)16-10-9-14(23(26)27)11-17(16)21)19(24)22-18-8-4-6-13-5-2-3-7-15(13)18/h2-3,5,7,9-12,18H,4,6,8H2,1H3,(H,22,24)/t12-,18-/m1/s1. The van der Waals surface area contributed by atoms with Crippen LogP contribution in [0.2, 0.25) is 5.02 Å². The van der Waals surface area contributed by atoms with Crippen LogP contribution in [-0.2, 0) is 16.0 Å². The third-order valence-electron chi connectivity index (χ3n) is 4.72. The molecule has 2 atom stereocenters. The van der Waals surface area contributed by atoms with Crippen LogP contribution in [-0.4, -0.2) is 22.9 Å². The molecule has 0 heterocycles. The SMILES string of the molecule is C[C@@H](OC(=O)c1ccc([N+](=O)[O-])cc1Cl)C(=O)N[C@@H]1CCCc2ccccc21. The van der Waals surface area contributed by atoms with Crippen molar-refractivity contribution in [3.63, 3.8) is 0 Å². The molecule has 3 rings (SSSR count). The predicted octanol–water partition coefficient (Wildman–Crippen LogP) is 3.99.